The number of hydrogen-bond acceptors (Lipinski definition) is 9. The third-order valence-electron chi connectivity index (χ3n) is 6.88. The number of pyridine rings is 1. The molecule has 2 N–H and O–H groups in total. The van der Waals surface area contributed by atoms with Crippen LogP contribution < -0.4 is 15.5 Å². The van der Waals surface area contributed by atoms with Crippen molar-refractivity contribution in [3.8, 4) is 0 Å². The van der Waals surface area contributed by atoms with Crippen LogP contribution in [0.15, 0.2) is 55.2 Å². The molecule has 13 heteroatoms. The van der Waals surface area contributed by atoms with Crippen molar-refractivity contribution in [3.63, 3.8) is 0 Å². The molecule has 1 fully saturated rings. The molecule has 3 amide bonds. The molecular weight excluding hydrogens is 554 g/mol. The van der Waals surface area contributed by atoms with Crippen LogP contribution in [-0.2, 0) is 9.47 Å². The van der Waals surface area contributed by atoms with Crippen LogP contribution in [-0.4, -0.2) is 62.8 Å². The highest BCUT2D eigenvalue weighted by Gasteiger charge is 2.30. The summed E-state index contributed by atoms with van der Waals surface area (Å²) < 4.78 is 12.0. The zero-order valence-electron chi connectivity index (χ0n) is 24.0. The standard InChI is InChI=1S/C30H31N7O6/c1-4-11-32-28(39)23-15-36-25(19(23)3)26(33-16-34-36)37(30(41)43-17-42-29(40)21-6-5-12-31-14-21)24-13-20(8-7-18(24)2)27(38)35-22-9-10-22/h5-8,12-16,22H,4,9-11,17H2,1-3H3,(H,32,39)(H,35,38). The topological polar surface area (TPSA) is 157 Å². The van der Waals surface area contributed by atoms with Gasteiger partial charge in [-0.15, -0.1) is 0 Å². The van der Waals surface area contributed by atoms with E-state index in [1.54, 1.807) is 44.3 Å². The van der Waals surface area contributed by atoms with Gasteiger partial charge in [-0.25, -0.2) is 24.0 Å². The van der Waals surface area contributed by atoms with Gasteiger partial charge in [0, 0.05) is 36.7 Å². The summed E-state index contributed by atoms with van der Waals surface area (Å²) in [4.78, 5) is 61.4. The highest BCUT2D eigenvalue weighted by Crippen LogP contribution is 2.34. The molecule has 5 rings (SSSR count). The summed E-state index contributed by atoms with van der Waals surface area (Å²) in [7, 11) is 0. The number of nitrogens with zero attached hydrogens (tertiary/aromatic N) is 5. The summed E-state index contributed by atoms with van der Waals surface area (Å²) in [5.41, 5.74) is 2.74. The number of esters is 1. The molecule has 0 spiro atoms. The number of nitrogens with one attached hydrogen (secondary N) is 2. The third-order valence-corrected chi connectivity index (χ3v) is 6.88. The molecule has 1 aromatic carbocycles. The average Bonchev–Trinajstić information content (AvgIpc) is 3.77. The molecule has 3 heterocycles. The molecule has 3 aromatic heterocycles. The van der Waals surface area contributed by atoms with E-state index in [1.807, 2.05) is 6.92 Å². The van der Waals surface area contributed by atoms with Gasteiger partial charge in [0.2, 0.25) is 6.79 Å². The predicted molar refractivity (Wildman–Crippen MR) is 155 cm³/mol. The summed E-state index contributed by atoms with van der Waals surface area (Å²) >= 11 is 0. The van der Waals surface area contributed by atoms with E-state index in [1.165, 1.54) is 34.2 Å². The van der Waals surface area contributed by atoms with Crippen molar-refractivity contribution in [1.29, 1.82) is 0 Å². The van der Waals surface area contributed by atoms with Crippen LogP contribution in [0.25, 0.3) is 5.52 Å². The quantitative estimate of drug-likeness (QED) is 0.208. The molecule has 1 aliphatic rings. The maximum atomic E-state index is 13.8. The lowest BCUT2D eigenvalue weighted by Crippen LogP contribution is -2.31. The summed E-state index contributed by atoms with van der Waals surface area (Å²) in [5, 5.41) is 10.1. The Morgan fingerprint density at radius 2 is 1.88 bits per heavy atom. The second-order valence-electron chi connectivity index (χ2n) is 10.1. The number of amides is 3. The van der Waals surface area contributed by atoms with Crippen LogP contribution in [0.3, 0.4) is 0 Å². The Morgan fingerprint density at radius 1 is 1.07 bits per heavy atom. The first-order valence-corrected chi connectivity index (χ1v) is 13.8. The average molecular weight is 586 g/mol. The minimum atomic E-state index is -0.931. The molecule has 0 unspecified atom stereocenters. The number of rotatable bonds is 10. The van der Waals surface area contributed by atoms with E-state index in [0.717, 1.165) is 19.3 Å². The lowest BCUT2D eigenvalue weighted by molar-refractivity contribution is -0.000110. The molecule has 222 valence electrons. The Hall–Kier alpha value is -5.33. The van der Waals surface area contributed by atoms with Crippen molar-refractivity contribution < 1.29 is 28.7 Å². The molecule has 0 radical (unpaired) electrons. The maximum Gasteiger partial charge on any atom is 0.423 e. The summed E-state index contributed by atoms with van der Waals surface area (Å²) in [5.74, 6) is -1.18. The van der Waals surface area contributed by atoms with Gasteiger partial charge in [0.1, 0.15) is 11.8 Å². The number of carbonyl (C=O) groups is 4. The normalized spacial score (nSPS) is 12.4. The number of hydrogen-bond donors (Lipinski definition) is 2. The molecule has 0 saturated heterocycles. The van der Waals surface area contributed by atoms with E-state index in [0.29, 0.717) is 40.0 Å². The van der Waals surface area contributed by atoms with Gasteiger partial charge in [-0.05, 0) is 68.5 Å². The largest absolute Gasteiger partial charge is 0.424 e. The Bertz CT molecular complexity index is 1680. The van der Waals surface area contributed by atoms with Gasteiger partial charge >= 0.3 is 12.1 Å². The van der Waals surface area contributed by atoms with Crippen molar-refractivity contribution in [2.24, 2.45) is 0 Å². The van der Waals surface area contributed by atoms with Crippen LogP contribution in [0.4, 0.5) is 16.3 Å². The second-order valence-corrected chi connectivity index (χ2v) is 10.1. The first-order valence-electron chi connectivity index (χ1n) is 13.8. The number of carbonyl (C=O) groups excluding carboxylic acids is 4. The van der Waals surface area contributed by atoms with Crippen LogP contribution in [0.2, 0.25) is 0 Å². The summed E-state index contributed by atoms with van der Waals surface area (Å²) in [6, 6.07) is 8.19. The smallest absolute Gasteiger partial charge is 0.423 e. The zero-order valence-corrected chi connectivity index (χ0v) is 24.0. The second kappa shape index (κ2) is 12.7. The van der Waals surface area contributed by atoms with Gasteiger partial charge < -0.3 is 20.1 Å². The van der Waals surface area contributed by atoms with E-state index in [2.05, 4.69) is 25.7 Å². The predicted octanol–water partition coefficient (Wildman–Crippen LogP) is 3.86. The van der Waals surface area contributed by atoms with Gasteiger partial charge in [0.15, 0.2) is 5.82 Å². The van der Waals surface area contributed by atoms with Crippen molar-refractivity contribution >= 4 is 40.9 Å². The molecule has 0 aliphatic heterocycles. The molecule has 1 saturated carbocycles. The number of aromatic nitrogens is 4. The van der Waals surface area contributed by atoms with E-state index in [9.17, 15) is 19.2 Å². The van der Waals surface area contributed by atoms with E-state index in [4.69, 9.17) is 9.47 Å². The molecule has 1 aliphatic carbocycles. The Morgan fingerprint density at radius 3 is 2.60 bits per heavy atom. The Balaban J connectivity index is 1.53. The van der Waals surface area contributed by atoms with Gasteiger partial charge in [-0.1, -0.05) is 13.0 Å². The maximum absolute atomic E-state index is 13.8. The Kier molecular flexibility index (Phi) is 8.60. The van der Waals surface area contributed by atoms with Crippen molar-refractivity contribution in [3.05, 3.63) is 83.1 Å². The number of ether oxygens (including phenoxy) is 2. The molecule has 43 heavy (non-hydrogen) atoms. The number of aryl methyl sites for hydroxylation is 2. The summed E-state index contributed by atoms with van der Waals surface area (Å²) in [6.07, 6.45) is 7.32. The molecule has 4 aromatic rings. The van der Waals surface area contributed by atoms with E-state index >= 15 is 0 Å². The number of benzene rings is 1. The van der Waals surface area contributed by atoms with Crippen molar-refractivity contribution in [2.75, 3.05) is 18.2 Å². The fourth-order valence-corrected chi connectivity index (χ4v) is 4.42. The fourth-order valence-electron chi connectivity index (χ4n) is 4.42. The van der Waals surface area contributed by atoms with Crippen LogP contribution in [0, 0.1) is 13.8 Å². The highest BCUT2D eigenvalue weighted by atomic mass is 16.7. The SMILES string of the molecule is CCCNC(=O)c1cn2ncnc(N(C(=O)OCOC(=O)c3cccnc3)c3cc(C(=O)NC4CC4)ccc3C)c2c1C. The lowest BCUT2D eigenvalue weighted by atomic mass is 10.1. The van der Waals surface area contributed by atoms with Gasteiger partial charge in [0.05, 0.1) is 16.8 Å². The van der Waals surface area contributed by atoms with Gasteiger partial charge in [-0.2, -0.15) is 5.10 Å². The minimum absolute atomic E-state index is 0.105. The first-order chi connectivity index (χ1) is 20.8. The molecular formula is C30H31N7O6. The molecule has 0 atom stereocenters. The summed E-state index contributed by atoms with van der Waals surface area (Å²) in [6.45, 7) is 5.25. The molecule has 0 bridgehead atoms. The van der Waals surface area contributed by atoms with Crippen LogP contribution >= 0.6 is 0 Å². The van der Waals surface area contributed by atoms with Crippen LogP contribution in [0.1, 0.15) is 68.4 Å². The van der Waals surface area contributed by atoms with Crippen molar-refractivity contribution in [2.45, 2.75) is 46.1 Å². The van der Waals surface area contributed by atoms with Crippen molar-refractivity contribution in [1.82, 2.24) is 30.2 Å². The third kappa shape index (κ3) is 6.45. The molecule has 13 nitrogen and oxygen atoms in total. The minimum Gasteiger partial charge on any atom is -0.424 e. The highest BCUT2D eigenvalue weighted by molar-refractivity contribution is 6.05. The fraction of sp³-hybridized carbons (Fsp3) is 0.300. The Labute approximate surface area is 247 Å². The monoisotopic (exact) mass is 585 g/mol. The number of fused-ring (bicyclic) bond motifs is 1. The van der Waals surface area contributed by atoms with Gasteiger partial charge in [0.25, 0.3) is 11.8 Å². The van der Waals surface area contributed by atoms with Gasteiger partial charge in [-0.3, -0.25) is 14.6 Å². The zero-order chi connectivity index (χ0) is 30.5. The van der Waals surface area contributed by atoms with Crippen LogP contribution in [0.5, 0.6) is 0 Å². The number of anilines is 2. The lowest BCUT2D eigenvalue weighted by Gasteiger charge is -2.24. The van der Waals surface area contributed by atoms with E-state index in [-0.39, 0.29) is 29.2 Å². The first kappa shape index (κ1) is 29.2. The van der Waals surface area contributed by atoms with E-state index < -0.39 is 18.9 Å².